The molecule has 2 aliphatic rings. The molecule has 0 spiro atoms. The number of anilines is 1. The molecule has 1 fully saturated rings. The van der Waals surface area contributed by atoms with E-state index in [1.807, 2.05) is 48.5 Å². The fourth-order valence-electron chi connectivity index (χ4n) is 3.39. The summed E-state index contributed by atoms with van der Waals surface area (Å²) >= 11 is 8.49. The number of allylic oxidation sites excluding steroid dienone is 1. The standard InChI is InChI=1S/C20H15Br2N3OS/c21-14-4-6-16(7-5-14)24-11-25-19(26)9-17(13-2-1-3-15(22)8-13)18(10-23)20(25)27-12-24/h1-8,17H,9,11-12H2. The average Bonchev–Trinajstić information content (AvgIpc) is 2.68. The van der Waals surface area contributed by atoms with Gasteiger partial charge in [-0.3, -0.25) is 9.69 Å². The van der Waals surface area contributed by atoms with E-state index in [4.69, 9.17) is 0 Å². The van der Waals surface area contributed by atoms with Gasteiger partial charge in [-0.2, -0.15) is 5.26 Å². The lowest BCUT2D eigenvalue weighted by atomic mass is 9.86. The third kappa shape index (κ3) is 3.66. The van der Waals surface area contributed by atoms with E-state index in [-0.39, 0.29) is 11.8 Å². The van der Waals surface area contributed by atoms with Crippen LogP contribution in [0.1, 0.15) is 17.9 Å². The van der Waals surface area contributed by atoms with Crippen molar-refractivity contribution in [2.75, 3.05) is 17.4 Å². The first-order valence-corrected chi connectivity index (χ1v) is 11.0. The van der Waals surface area contributed by atoms with E-state index < -0.39 is 0 Å². The number of nitriles is 1. The molecule has 0 radical (unpaired) electrons. The number of nitrogens with zero attached hydrogens (tertiary/aromatic N) is 3. The first kappa shape index (κ1) is 18.6. The SMILES string of the molecule is N#CC1=C2SCN(c3ccc(Br)cc3)CN2C(=O)CC1c1cccc(Br)c1. The fraction of sp³-hybridized carbons (Fsp3) is 0.200. The molecule has 0 aromatic heterocycles. The molecule has 4 nitrogen and oxygen atoms in total. The largest absolute Gasteiger partial charge is 0.344 e. The predicted molar refractivity (Wildman–Crippen MR) is 115 cm³/mol. The van der Waals surface area contributed by atoms with Gasteiger partial charge in [-0.25, -0.2) is 0 Å². The normalized spacial score (nSPS) is 19.7. The van der Waals surface area contributed by atoms with E-state index in [1.165, 1.54) is 0 Å². The van der Waals surface area contributed by atoms with Crippen molar-refractivity contribution in [2.24, 2.45) is 0 Å². The molecule has 1 unspecified atom stereocenters. The molecular formula is C20H15Br2N3OS. The van der Waals surface area contributed by atoms with E-state index in [9.17, 15) is 10.1 Å². The van der Waals surface area contributed by atoms with Crippen molar-refractivity contribution in [3.63, 3.8) is 0 Å². The molecule has 2 aromatic rings. The van der Waals surface area contributed by atoms with Gasteiger partial charge in [0.1, 0.15) is 0 Å². The minimum absolute atomic E-state index is 0.0586. The number of hydrogen-bond acceptors (Lipinski definition) is 4. The Kier molecular flexibility index (Phi) is 5.31. The summed E-state index contributed by atoms with van der Waals surface area (Å²) in [5.41, 5.74) is 2.75. The topological polar surface area (TPSA) is 47.3 Å². The molecule has 2 aliphatic heterocycles. The Morgan fingerprint density at radius 2 is 1.89 bits per heavy atom. The van der Waals surface area contributed by atoms with Crippen molar-refractivity contribution in [1.29, 1.82) is 5.26 Å². The van der Waals surface area contributed by atoms with Gasteiger partial charge in [-0.1, -0.05) is 55.8 Å². The summed E-state index contributed by atoms with van der Waals surface area (Å²) in [5, 5.41) is 10.6. The van der Waals surface area contributed by atoms with E-state index in [2.05, 4.69) is 42.8 Å². The number of fused-ring (bicyclic) bond motifs is 1. The number of carbonyl (C=O) groups is 1. The van der Waals surface area contributed by atoms with Crippen molar-refractivity contribution in [1.82, 2.24) is 4.90 Å². The van der Waals surface area contributed by atoms with Crippen LogP contribution in [0.5, 0.6) is 0 Å². The Labute approximate surface area is 179 Å². The highest BCUT2D eigenvalue weighted by atomic mass is 79.9. The van der Waals surface area contributed by atoms with Crippen molar-refractivity contribution in [3.05, 3.63) is 73.6 Å². The second-order valence-electron chi connectivity index (χ2n) is 6.40. The van der Waals surface area contributed by atoms with Crippen LogP contribution in [0, 0.1) is 11.3 Å². The zero-order valence-electron chi connectivity index (χ0n) is 14.2. The Morgan fingerprint density at radius 3 is 2.59 bits per heavy atom. The lowest BCUT2D eigenvalue weighted by Gasteiger charge is -2.42. The molecular weight excluding hydrogens is 490 g/mol. The smallest absolute Gasteiger partial charge is 0.229 e. The maximum atomic E-state index is 12.9. The maximum absolute atomic E-state index is 12.9. The summed E-state index contributed by atoms with van der Waals surface area (Å²) in [6.45, 7) is 0.471. The van der Waals surface area contributed by atoms with Crippen LogP contribution in [0.25, 0.3) is 0 Å². The van der Waals surface area contributed by atoms with Crippen molar-refractivity contribution in [2.45, 2.75) is 12.3 Å². The monoisotopic (exact) mass is 503 g/mol. The highest BCUT2D eigenvalue weighted by Gasteiger charge is 2.38. The third-order valence-corrected chi connectivity index (χ3v) is 6.91. The molecule has 4 rings (SSSR count). The predicted octanol–water partition coefficient (Wildman–Crippen LogP) is 5.43. The zero-order chi connectivity index (χ0) is 19.0. The van der Waals surface area contributed by atoms with Gasteiger partial charge in [-0.05, 0) is 42.0 Å². The third-order valence-electron chi connectivity index (χ3n) is 4.74. The molecule has 7 heteroatoms. The number of thioether (sulfide) groups is 1. The average molecular weight is 505 g/mol. The van der Waals surface area contributed by atoms with Crippen molar-refractivity contribution >= 4 is 55.2 Å². The van der Waals surface area contributed by atoms with Crippen LogP contribution in [0.3, 0.4) is 0 Å². The first-order valence-electron chi connectivity index (χ1n) is 8.40. The summed E-state index contributed by atoms with van der Waals surface area (Å²) < 4.78 is 1.98. The quantitative estimate of drug-likeness (QED) is 0.547. The fourth-order valence-corrected chi connectivity index (χ4v) is 5.23. The number of rotatable bonds is 2. The lowest BCUT2D eigenvalue weighted by molar-refractivity contribution is -0.129. The summed E-state index contributed by atoms with van der Waals surface area (Å²) in [6.07, 6.45) is 0.317. The first-order chi connectivity index (χ1) is 13.1. The van der Waals surface area contributed by atoms with Gasteiger partial charge in [0, 0.05) is 27.0 Å². The number of amides is 1. The lowest BCUT2D eigenvalue weighted by Crippen LogP contribution is -2.47. The van der Waals surface area contributed by atoms with E-state index in [0.29, 0.717) is 24.5 Å². The van der Waals surface area contributed by atoms with E-state index in [0.717, 1.165) is 25.2 Å². The maximum Gasteiger partial charge on any atom is 0.229 e. The van der Waals surface area contributed by atoms with Crippen molar-refractivity contribution in [3.8, 4) is 6.07 Å². The molecule has 0 aliphatic carbocycles. The zero-order valence-corrected chi connectivity index (χ0v) is 18.2. The number of halogens is 2. The second-order valence-corrected chi connectivity index (χ2v) is 9.16. The molecule has 0 N–H and O–H groups in total. The Balaban J connectivity index is 1.66. The van der Waals surface area contributed by atoms with Crippen LogP contribution in [0.2, 0.25) is 0 Å². The van der Waals surface area contributed by atoms with Crippen LogP contribution in [-0.4, -0.2) is 23.4 Å². The summed E-state index contributed by atoms with van der Waals surface area (Å²) in [6, 6.07) is 18.3. The van der Waals surface area contributed by atoms with E-state index >= 15 is 0 Å². The van der Waals surface area contributed by atoms with Gasteiger partial charge in [0.05, 0.1) is 29.2 Å². The van der Waals surface area contributed by atoms with E-state index in [1.54, 1.807) is 16.7 Å². The minimum Gasteiger partial charge on any atom is -0.344 e. The van der Waals surface area contributed by atoms with Crippen LogP contribution in [0.4, 0.5) is 5.69 Å². The van der Waals surface area contributed by atoms with Crippen LogP contribution >= 0.6 is 43.6 Å². The molecule has 0 bridgehead atoms. The van der Waals surface area contributed by atoms with Gasteiger partial charge in [0.2, 0.25) is 5.91 Å². The molecule has 2 aromatic carbocycles. The highest BCUT2D eigenvalue weighted by molar-refractivity contribution is 9.10. The highest BCUT2D eigenvalue weighted by Crippen LogP contribution is 2.43. The molecule has 0 saturated carbocycles. The van der Waals surface area contributed by atoms with Crippen LogP contribution in [-0.2, 0) is 4.79 Å². The van der Waals surface area contributed by atoms with Crippen molar-refractivity contribution < 1.29 is 4.79 Å². The van der Waals surface area contributed by atoms with Gasteiger partial charge in [-0.15, -0.1) is 0 Å². The molecule has 1 saturated heterocycles. The van der Waals surface area contributed by atoms with Crippen LogP contribution in [0.15, 0.2) is 68.1 Å². The van der Waals surface area contributed by atoms with Crippen LogP contribution < -0.4 is 4.90 Å². The molecule has 2 heterocycles. The van der Waals surface area contributed by atoms with Gasteiger partial charge in [0.25, 0.3) is 0 Å². The molecule has 1 amide bonds. The number of hydrogen-bond donors (Lipinski definition) is 0. The Hall–Kier alpha value is -1.75. The molecule has 1 atom stereocenters. The Morgan fingerprint density at radius 1 is 1.11 bits per heavy atom. The van der Waals surface area contributed by atoms with Gasteiger partial charge < -0.3 is 4.90 Å². The number of carbonyl (C=O) groups excluding carboxylic acids is 1. The minimum atomic E-state index is -0.182. The summed E-state index contributed by atoms with van der Waals surface area (Å²) in [5.74, 6) is 0.582. The molecule has 136 valence electrons. The number of benzene rings is 2. The van der Waals surface area contributed by atoms with Gasteiger partial charge >= 0.3 is 0 Å². The molecule has 27 heavy (non-hydrogen) atoms. The van der Waals surface area contributed by atoms with Gasteiger partial charge in [0.15, 0.2) is 0 Å². The summed E-state index contributed by atoms with van der Waals surface area (Å²) in [4.78, 5) is 16.8. The Bertz CT molecular complexity index is 968. The summed E-state index contributed by atoms with van der Waals surface area (Å²) in [7, 11) is 0. The second kappa shape index (κ2) is 7.70.